The predicted octanol–water partition coefficient (Wildman–Crippen LogP) is 3.48. The molecule has 2 aromatic carbocycles. The van der Waals surface area contributed by atoms with Crippen molar-refractivity contribution in [3.05, 3.63) is 70.5 Å². The average Bonchev–Trinajstić information content (AvgIpc) is 3.13. The van der Waals surface area contributed by atoms with Gasteiger partial charge in [-0.05, 0) is 23.8 Å². The monoisotopic (exact) mass is 406 g/mol. The van der Waals surface area contributed by atoms with Crippen LogP contribution < -0.4 is 0 Å². The first-order valence-electron chi connectivity index (χ1n) is 9.16. The van der Waals surface area contributed by atoms with Crippen molar-refractivity contribution in [2.24, 2.45) is 5.16 Å². The van der Waals surface area contributed by atoms with Gasteiger partial charge in [0.15, 0.2) is 0 Å². The highest BCUT2D eigenvalue weighted by Crippen LogP contribution is 2.20. The molecule has 0 bridgehead atoms. The van der Waals surface area contributed by atoms with Gasteiger partial charge in [0.05, 0.1) is 18.4 Å². The maximum Gasteiger partial charge on any atom is 0.145 e. The van der Waals surface area contributed by atoms with Gasteiger partial charge in [-0.1, -0.05) is 47.1 Å². The third-order valence-electron chi connectivity index (χ3n) is 4.55. The molecule has 1 aliphatic heterocycles. The summed E-state index contributed by atoms with van der Waals surface area (Å²) in [6, 6.07) is 14.1. The zero-order valence-corrected chi connectivity index (χ0v) is 16.5. The Kier molecular flexibility index (Phi) is 7.39. The number of aliphatic hydroxyl groups is 1. The molecular weight excluding hydrogens is 383 g/mol. The molecule has 2 aromatic rings. The lowest BCUT2D eigenvalue weighted by atomic mass is 10.0. The van der Waals surface area contributed by atoms with Crippen LogP contribution in [0, 0.1) is 5.82 Å². The Hall–Kier alpha value is -1.99. The molecule has 5 nitrogen and oxygen atoms in total. The number of rotatable bonds is 9. The van der Waals surface area contributed by atoms with E-state index in [0.717, 1.165) is 11.3 Å². The van der Waals surface area contributed by atoms with E-state index >= 15 is 0 Å². The van der Waals surface area contributed by atoms with Crippen LogP contribution in [0.5, 0.6) is 0 Å². The minimum atomic E-state index is -0.671. The summed E-state index contributed by atoms with van der Waals surface area (Å²) in [4.78, 5) is 7.56. The molecule has 0 spiro atoms. The van der Waals surface area contributed by atoms with E-state index < -0.39 is 6.10 Å². The normalized spacial score (nSPS) is 17.5. The van der Waals surface area contributed by atoms with Crippen molar-refractivity contribution in [1.29, 1.82) is 0 Å². The van der Waals surface area contributed by atoms with E-state index in [1.54, 1.807) is 18.2 Å². The van der Waals surface area contributed by atoms with Crippen LogP contribution >= 0.6 is 11.6 Å². The lowest BCUT2D eigenvalue weighted by Gasteiger charge is -2.26. The Morgan fingerprint density at radius 2 is 2.04 bits per heavy atom. The van der Waals surface area contributed by atoms with Crippen LogP contribution in [0.25, 0.3) is 0 Å². The minimum Gasteiger partial charge on any atom is -0.390 e. The van der Waals surface area contributed by atoms with Gasteiger partial charge in [-0.3, -0.25) is 4.90 Å². The molecule has 0 radical (unpaired) electrons. The van der Waals surface area contributed by atoms with Crippen molar-refractivity contribution < 1.29 is 19.1 Å². The van der Waals surface area contributed by atoms with E-state index in [1.165, 1.54) is 13.2 Å². The number of hydrogen-bond donors (Lipinski definition) is 1. The van der Waals surface area contributed by atoms with Gasteiger partial charge in [0.1, 0.15) is 11.9 Å². The zero-order valence-electron chi connectivity index (χ0n) is 15.7. The number of benzene rings is 2. The largest absolute Gasteiger partial charge is 0.390 e. The molecule has 3 rings (SSSR count). The fraction of sp³-hybridized carbons (Fsp3) is 0.381. The molecule has 7 heteroatoms. The summed E-state index contributed by atoms with van der Waals surface area (Å²) in [6.07, 6.45) is -0.211. The molecule has 150 valence electrons. The Morgan fingerprint density at radius 3 is 2.75 bits per heavy atom. The second-order valence-electron chi connectivity index (χ2n) is 6.87. The summed E-state index contributed by atoms with van der Waals surface area (Å²) >= 11 is 5.94. The molecule has 1 aliphatic rings. The van der Waals surface area contributed by atoms with E-state index in [2.05, 4.69) is 5.16 Å². The number of aliphatic hydroxyl groups excluding tert-OH is 1. The fourth-order valence-electron chi connectivity index (χ4n) is 3.24. The van der Waals surface area contributed by atoms with Crippen LogP contribution in [-0.2, 0) is 16.1 Å². The van der Waals surface area contributed by atoms with Gasteiger partial charge in [0.2, 0.25) is 0 Å². The van der Waals surface area contributed by atoms with Gasteiger partial charge >= 0.3 is 0 Å². The van der Waals surface area contributed by atoms with E-state index in [9.17, 15) is 9.50 Å². The number of methoxy groups -OCH3 is 1. The van der Waals surface area contributed by atoms with Crippen LogP contribution in [0.3, 0.4) is 0 Å². The third-order valence-corrected chi connectivity index (χ3v) is 4.80. The predicted molar refractivity (Wildman–Crippen MR) is 107 cm³/mol. The first-order valence-corrected chi connectivity index (χ1v) is 9.54. The van der Waals surface area contributed by atoms with E-state index in [0.29, 0.717) is 36.6 Å². The number of hydrogen-bond acceptors (Lipinski definition) is 5. The number of nitrogens with zero attached hydrogens (tertiary/aromatic N) is 2. The molecular formula is C21H24ClFN2O3. The second kappa shape index (κ2) is 9.98. The molecule has 0 aromatic heterocycles. The van der Waals surface area contributed by atoms with Gasteiger partial charge in [-0.2, -0.15) is 0 Å². The minimum absolute atomic E-state index is 0.174. The number of oxime groups is 1. The summed E-state index contributed by atoms with van der Waals surface area (Å²) in [5.41, 5.74) is 2.39. The molecule has 2 atom stereocenters. The van der Waals surface area contributed by atoms with Gasteiger partial charge in [-0.25, -0.2) is 4.39 Å². The highest BCUT2D eigenvalue weighted by Gasteiger charge is 2.26. The Labute approximate surface area is 169 Å². The van der Waals surface area contributed by atoms with Crippen molar-refractivity contribution in [2.45, 2.75) is 25.2 Å². The highest BCUT2D eigenvalue weighted by molar-refractivity contribution is 6.30. The van der Waals surface area contributed by atoms with Gasteiger partial charge in [0.25, 0.3) is 0 Å². The van der Waals surface area contributed by atoms with Crippen molar-refractivity contribution in [3.63, 3.8) is 0 Å². The highest BCUT2D eigenvalue weighted by atomic mass is 35.5. The van der Waals surface area contributed by atoms with Crippen LogP contribution in [0.15, 0.2) is 53.7 Å². The number of halogens is 2. The van der Waals surface area contributed by atoms with Gasteiger partial charge < -0.3 is 14.7 Å². The lowest BCUT2D eigenvalue weighted by molar-refractivity contribution is 0.00892. The van der Waals surface area contributed by atoms with Crippen LogP contribution in [0.4, 0.5) is 4.39 Å². The molecule has 0 saturated heterocycles. The third kappa shape index (κ3) is 5.75. The first-order chi connectivity index (χ1) is 13.5. The Balaban J connectivity index is 1.64. The molecule has 0 saturated carbocycles. The summed E-state index contributed by atoms with van der Waals surface area (Å²) in [5.74, 6) is -0.265. The quantitative estimate of drug-likeness (QED) is 0.692. The van der Waals surface area contributed by atoms with Crippen molar-refractivity contribution in [2.75, 3.05) is 26.8 Å². The Morgan fingerprint density at radius 1 is 1.29 bits per heavy atom. The van der Waals surface area contributed by atoms with Crippen molar-refractivity contribution in [3.8, 4) is 0 Å². The van der Waals surface area contributed by atoms with Crippen LogP contribution in [0.1, 0.15) is 17.5 Å². The van der Waals surface area contributed by atoms with Crippen molar-refractivity contribution in [1.82, 2.24) is 4.90 Å². The van der Waals surface area contributed by atoms with E-state index in [4.69, 9.17) is 21.2 Å². The smallest absolute Gasteiger partial charge is 0.145 e. The van der Waals surface area contributed by atoms with E-state index in [1.807, 2.05) is 29.2 Å². The lowest BCUT2D eigenvalue weighted by Crippen LogP contribution is -2.39. The molecule has 0 fully saturated rings. The van der Waals surface area contributed by atoms with E-state index in [-0.39, 0.29) is 18.5 Å². The van der Waals surface area contributed by atoms with Crippen LogP contribution in [0.2, 0.25) is 5.02 Å². The first kappa shape index (κ1) is 20.7. The molecule has 28 heavy (non-hydrogen) atoms. The van der Waals surface area contributed by atoms with Crippen molar-refractivity contribution >= 4 is 17.3 Å². The van der Waals surface area contributed by atoms with Crippen LogP contribution in [-0.4, -0.2) is 54.7 Å². The topological polar surface area (TPSA) is 54.3 Å². The molecule has 0 amide bonds. The Bertz CT molecular complexity index is 800. The maximum atomic E-state index is 14.1. The second-order valence-corrected chi connectivity index (χ2v) is 7.31. The average molecular weight is 407 g/mol. The molecule has 0 unspecified atom stereocenters. The zero-order chi connectivity index (χ0) is 19.9. The molecule has 0 aliphatic carbocycles. The maximum absolute atomic E-state index is 14.1. The molecule has 1 heterocycles. The SMILES string of the molecule is COC[C@H](O)CN(Cc1ccccc1F)C[C@@H]1CC(c2ccc(Cl)cc2)=NO1. The fourth-order valence-corrected chi connectivity index (χ4v) is 3.37. The van der Waals surface area contributed by atoms with Gasteiger partial charge in [-0.15, -0.1) is 0 Å². The summed E-state index contributed by atoms with van der Waals surface area (Å²) < 4.78 is 19.1. The summed E-state index contributed by atoms with van der Waals surface area (Å²) in [7, 11) is 1.54. The molecule has 1 N–H and O–H groups in total. The number of ether oxygens (including phenoxy) is 1. The summed E-state index contributed by atoms with van der Waals surface area (Å²) in [6.45, 7) is 1.43. The van der Waals surface area contributed by atoms with Gasteiger partial charge in [0, 0.05) is 43.8 Å². The standard InChI is InChI=1S/C21H24ClFN2O3/c1-27-14-18(26)12-25(11-16-4-2-3-5-20(16)23)13-19-10-21(24-28-19)15-6-8-17(22)9-7-15/h2-9,18-19,26H,10-14H2,1H3/t18-,19+/m1/s1. The summed E-state index contributed by atoms with van der Waals surface area (Å²) in [5, 5.41) is 15.0.